The number of nitrogens with one attached hydrogen (secondary N) is 1. The Labute approximate surface area is 192 Å². The van der Waals surface area contributed by atoms with Gasteiger partial charge in [-0.1, -0.05) is 12.1 Å². The molecule has 0 unspecified atom stereocenters. The number of nitrogens with zero attached hydrogens (tertiary/aromatic N) is 4. The van der Waals surface area contributed by atoms with Crippen LogP contribution in [0.5, 0.6) is 0 Å². The molecule has 5 rings (SSSR count). The number of piperazine rings is 1. The number of benzene rings is 2. The van der Waals surface area contributed by atoms with E-state index in [1.54, 1.807) is 12.1 Å². The van der Waals surface area contributed by atoms with Gasteiger partial charge in [0, 0.05) is 55.4 Å². The van der Waals surface area contributed by atoms with Crippen LogP contribution in [0.15, 0.2) is 51.8 Å². The maximum atomic E-state index is 12.9. The molecule has 0 bridgehead atoms. The van der Waals surface area contributed by atoms with Crippen molar-refractivity contribution in [2.24, 2.45) is 4.40 Å². The van der Waals surface area contributed by atoms with Crippen LogP contribution in [0, 0.1) is 0 Å². The molecule has 3 aliphatic rings. The van der Waals surface area contributed by atoms with Crippen LogP contribution in [0.2, 0.25) is 0 Å². The smallest absolute Gasteiger partial charge is 0.257 e. The molecule has 1 N–H and O–H groups in total. The summed E-state index contributed by atoms with van der Waals surface area (Å²) in [6, 6.07) is 13.4. The molecule has 1 saturated heterocycles. The lowest BCUT2D eigenvalue weighted by atomic mass is 10.1. The van der Waals surface area contributed by atoms with Crippen molar-refractivity contribution in [3.05, 3.63) is 53.6 Å². The van der Waals surface area contributed by atoms with Gasteiger partial charge in [-0.2, -0.15) is 0 Å². The van der Waals surface area contributed by atoms with Gasteiger partial charge < -0.3 is 15.1 Å². The van der Waals surface area contributed by atoms with Gasteiger partial charge in [-0.15, -0.1) is 4.40 Å². The summed E-state index contributed by atoms with van der Waals surface area (Å²) >= 11 is 1.29. The third-order valence-corrected chi connectivity index (χ3v) is 8.23. The van der Waals surface area contributed by atoms with Gasteiger partial charge in [-0.25, -0.2) is 8.42 Å². The quantitative estimate of drug-likeness (QED) is 0.732. The molecular formula is C22H25N5O3S2. The maximum absolute atomic E-state index is 12.9. The normalized spacial score (nSPS) is 20.4. The zero-order chi connectivity index (χ0) is 22.3. The second-order valence-corrected chi connectivity index (χ2v) is 11.1. The van der Waals surface area contributed by atoms with Gasteiger partial charge in [-0.3, -0.25) is 9.69 Å². The number of anilines is 2. The molecule has 8 nitrogen and oxygen atoms in total. The summed E-state index contributed by atoms with van der Waals surface area (Å²) in [7, 11) is -1.25. The molecule has 2 aromatic rings. The molecule has 0 saturated carbocycles. The highest BCUT2D eigenvalue weighted by atomic mass is 32.2. The number of sulfonamides is 1. The van der Waals surface area contributed by atoms with Crippen molar-refractivity contribution in [1.82, 2.24) is 9.80 Å². The van der Waals surface area contributed by atoms with Gasteiger partial charge in [-0.05, 0) is 54.7 Å². The SMILES string of the molecule is CN1CCN(Cc2cccc(NC(=O)c3ccc4c(c3)SC3=NS(=O)(=O)CCN34)c2)CC1. The van der Waals surface area contributed by atoms with E-state index >= 15 is 0 Å². The van der Waals surface area contributed by atoms with Crippen molar-refractivity contribution in [2.45, 2.75) is 11.4 Å². The summed E-state index contributed by atoms with van der Waals surface area (Å²) in [5, 5.41) is 3.45. The Morgan fingerprint density at radius 3 is 2.72 bits per heavy atom. The fourth-order valence-corrected chi connectivity index (χ4v) is 6.38. The lowest BCUT2D eigenvalue weighted by Gasteiger charge is -2.32. The summed E-state index contributed by atoms with van der Waals surface area (Å²) in [5.74, 6) is -0.187. The molecule has 10 heteroatoms. The van der Waals surface area contributed by atoms with E-state index in [1.807, 2.05) is 29.2 Å². The van der Waals surface area contributed by atoms with Crippen LogP contribution < -0.4 is 10.2 Å². The molecule has 0 aromatic heterocycles. The molecule has 0 spiro atoms. The van der Waals surface area contributed by atoms with Crippen molar-refractivity contribution in [3.8, 4) is 0 Å². The topological polar surface area (TPSA) is 85.3 Å². The fraction of sp³-hybridized carbons (Fsp3) is 0.364. The number of hydrogen-bond donors (Lipinski definition) is 1. The van der Waals surface area contributed by atoms with Gasteiger partial charge in [0.25, 0.3) is 15.9 Å². The Morgan fingerprint density at radius 1 is 1.09 bits per heavy atom. The van der Waals surface area contributed by atoms with Crippen molar-refractivity contribution in [3.63, 3.8) is 0 Å². The molecule has 32 heavy (non-hydrogen) atoms. The molecular weight excluding hydrogens is 446 g/mol. The average molecular weight is 472 g/mol. The number of carbonyl (C=O) groups excluding carboxylic acids is 1. The number of hydrogen-bond acceptors (Lipinski definition) is 7. The lowest BCUT2D eigenvalue weighted by Crippen LogP contribution is -2.43. The van der Waals surface area contributed by atoms with E-state index in [-0.39, 0.29) is 11.7 Å². The van der Waals surface area contributed by atoms with Gasteiger partial charge in [0.1, 0.15) is 0 Å². The Kier molecular flexibility index (Phi) is 5.70. The highest BCUT2D eigenvalue weighted by Gasteiger charge is 2.33. The second kappa shape index (κ2) is 8.51. The molecule has 1 fully saturated rings. The van der Waals surface area contributed by atoms with Gasteiger partial charge in [0.15, 0.2) is 5.17 Å². The first-order valence-corrected chi connectivity index (χ1v) is 13.0. The van der Waals surface area contributed by atoms with Gasteiger partial charge in [0.2, 0.25) is 0 Å². The molecule has 0 radical (unpaired) electrons. The van der Waals surface area contributed by atoms with Crippen LogP contribution in [-0.4, -0.2) is 74.8 Å². The van der Waals surface area contributed by atoms with Crippen LogP contribution in [0.4, 0.5) is 11.4 Å². The first kappa shape index (κ1) is 21.4. The predicted molar refractivity (Wildman–Crippen MR) is 128 cm³/mol. The highest BCUT2D eigenvalue weighted by Crippen LogP contribution is 2.42. The van der Waals surface area contributed by atoms with E-state index in [2.05, 4.69) is 32.6 Å². The Balaban J connectivity index is 1.28. The average Bonchev–Trinajstić information content (AvgIpc) is 3.11. The summed E-state index contributed by atoms with van der Waals surface area (Å²) in [6.45, 7) is 5.48. The van der Waals surface area contributed by atoms with Gasteiger partial charge >= 0.3 is 0 Å². The standard InChI is InChI=1S/C22H25N5O3S2/c1-25-7-9-26(10-8-25)15-16-3-2-4-18(13-16)23-21(28)17-5-6-19-20(14-17)31-22-24-32(29,30)12-11-27(19)22/h2-6,13-14H,7-12,15H2,1H3,(H,23,28). The third kappa shape index (κ3) is 4.54. The van der Waals surface area contributed by atoms with Crippen LogP contribution in [0.25, 0.3) is 0 Å². The van der Waals surface area contributed by atoms with E-state index in [0.29, 0.717) is 17.3 Å². The monoisotopic (exact) mass is 471 g/mol. The maximum Gasteiger partial charge on any atom is 0.257 e. The van der Waals surface area contributed by atoms with E-state index in [9.17, 15) is 13.2 Å². The van der Waals surface area contributed by atoms with E-state index < -0.39 is 10.0 Å². The summed E-state index contributed by atoms with van der Waals surface area (Å²) < 4.78 is 27.5. The summed E-state index contributed by atoms with van der Waals surface area (Å²) in [6.07, 6.45) is 0. The first-order chi connectivity index (χ1) is 15.4. The first-order valence-electron chi connectivity index (χ1n) is 10.6. The summed E-state index contributed by atoms with van der Waals surface area (Å²) in [5.41, 5.74) is 3.37. The Hall–Kier alpha value is -2.40. The molecule has 0 aliphatic carbocycles. The van der Waals surface area contributed by atoms with Crippen LogP contribution in [-0.2, 0) is 16.6 Å². The van der Waals surface area contributed by atoms with Crippen LogP contribution in [0.3, 0.4) is 0 Å². The largest absolute Gasteiger partial charge is 0.322 e. The summed E-state index contributed by atoms with van der Waals surface area (Å²) in [4.78, 5) is 20.4. The Morgan fingerprint density at radius 2 is 1.91 bits per heavy atom. The van der Waals surface area contributed by atoms with E-state index in [4.69, 9.17) is 0 Å². The molecule has 2 aromatic carbocycles. The van der Waals surface area contributed by atoms with Crippen molar-refractivity contribution in [2.75, 3.05) is 55.7 Å². The number of carbonyl (C=O) groups is 1. The lowest BCUT2D eigenvalue weighted by molar-refractivity contribution is 0.102. The van der Waals surface area contributed by atoms with E-state index in [1.165, 1.54) is 17.3 Å². The molecule has 1 amide bonds. The third-order valence-electron chi connectivity index (χ3n) is 5.92. The van der Waals surface area contributed by atoms with Gasteiger partial charge in [0.05, 0.1) is 11.4 Å². The number of fused-ring (bicyclic) bond motifs is 3. The van der Waals surface area contributed by atoms with Crippen molar-refractivity contribution >= 4 is 44.2 Å². The number of likely N-dealkylation sites (N-methyl/N-ethyl adjacent to an activating group) is 1. The van der Waals surface area contributed by atoms with E-state index in [0.717, 1.165) is 49.0 Å². The molecule has 168 valence electrons. The predicted octanol–water partition coefficient (Wildman–Crippen LogP) is 2.30. The minimum atomic E-state index is -3.40. The zero-order valence-electron chi connectivity index (χ0n) is 17.8. The number of thioether (sulfide) groups is 1. The minimum Gasteiger partial charge on any atom is -0.322 e. The molecule has 3 heterocycles. The number of amides is 1. The number of rotatable bonds is 4. The van der Waals surface area contributed by atoms with Crippen LogP contribution >= 0.6 is 11.8 Å². The second-order valence-electron chi connectivity index (χ2n) is 8.33. The van der Waals surface area contributed by atoms with Crippen LogP contribution in [0.1, 0.15) is 15.9 Å². The molecule has 3 aliphatic heterocycles. The van der Waals surface area contributed by atoms with Crippen molar-refractivity contribution < 1.29 is 13.2 Å². The van der Waals surface area contributed by atoms with Crippen molar-refractivity contribution in [1.29, 1.82) is 0 Å². The molecule has 0 atom stereocenters. The number of amidine groups is 1. The zero-order valence-corrected chi connectivity index (χ0v) is 19.5. The Bertz CT molecular complexity index is 1190. The fourth-order valence-electron chi connectivity index (χ4n) is 4.09. The highest BCUT2D eigenvalue weighted by molar-refractivity contribution is 8.15. The minimum absolute atomic E-state index is 0.00318.